The molecule has 18 heavy (non-hydrogen) atoms. The number of halogens is 1. The summed E-state index contributed by atoms with van der Waals surface area (Å²) in [6, 6.07) is 0.196. The van der Waals surface area contributed by atoms with Crippen LogP contribution in [0.5, 0.6) is 6.01 Å². The summed E-state index contributed by atoms with van der Waals surface area (Å²) in [7, 11) is 1.84. The van der Waals surface area contributed by atoms with Crippen LogP contribution in [-0.4, -0.2) is 31.3 Å². The van der Waals surface area contributed by atoms with Crippen molar-refractivity contribution in [3.8, 4) is 6.01 Å². The Hall–Kier alpha value is -1.89. The number of aromatic nitrogens is 5. The average molecular weight is 269 g/mol. The summed E-state index contributed by atoms with van der Waals surface area (Å²) in [5.74, 6) is 0.328. The minimum absolute atomic E-state index is 0.0810. The lowest BCUT2D eigenvalue weighted by Gasteiger charge is -2.05. The minimum Gasteiger partial charge on any atom is -0.464 e. The highest BCUT2D eigenvalue weighted by molar-refractivity contribution is 6.28. The molecule has 2 aromatic heterocycles. The molecule has 2 heterocycles. The Morgan fingerprint density at radius 2 is 2.17 bits per heavy atom. The van der Waals surface area contributed by atoms with Crippen LogP contribution in [-0.2, 0) is 7.05 Å². The zero-order valence-corrected chi connectivity index (χ0v) is 11.1. The normalized spacial score (nSPS) is 10.4. The summed E-state index contributed by atoms with van der Waals surface area (Å²) in [5, 5.41) is 7.31. The highest BCUT2D eigenvalue weighted by Gasteiger charge is 2.09. The third kappa shape index (κ3) is 2.86. The molecule has 96 valence electrons. The number of anilines is 2. The SMILES string of the molecule is CCOc1nc(Cl)nc(Nc2cn(C)nc2C)n1. The van der Waals surface area contributed by atoms with E-state index in [2.05, 4.69) is 25.4 Å². The van der Waals surface area contributed by atoms with Crippen LogP contribution >= 0.6 is 11.6 Å². The molecule has 0 spiro atoms. The first kappa shape index (κ1) is 12.6. The second-order valence-electron chi connectivity index (χ2n) is 3.57. The smallest absolute Gasteiger partial charge is 0.322 e. The summed E-state index contributed by atoms with van der Waals surface area (Å²) in [4.78, 5) is 11.9. The Morgan fingerprint density at radius 3 is 2.78 bits per heavy atom. The molecule has 0 radical (unpaired) electrons. The van der Waals surface area contributed by atoms with Crippen molar-refractivity contribution in [1.82, 2.24) is 24.7 Å². The van der Waals surface area contributed by atoms with Gasteiger partial charge in [0.2, 0.25) is 11.2 Å². The third-order valence-electron chi connectivity index (χ3n) is 2.12. The molecular formula is C10H13ClN6O. The van der Waals surface area contributed by atoms with E-state index < -0.39 is 0 Å². The molecular weight excluding hydrogens is 256 g/mol. The minimum atomic E-state index is 0.0810. The summed E-state index contributed by atoms with van der Waals surface area (Å²) in [6.45, 7) is 4.19. The number of hydrogen-bond donors (Lipinski definition) is 1. The molecule has 0 aliphatic rings. The number of ether oxygens (including phenoxy) is 1. The second-order valence-corrected chi connectivity index (χ2v) is 3.91. The van der Waals surface area contributed by atoms with Crippen molar-refractivity contribution >= 4 is 23.2 Å². The van der Waals surface area contributed by atoms with Gasteiger partial charge in [0, 0.05) is 13.2 Å². The van der Waals surface area contributed by atoms with Crippen LogP contribution in [0.1, 0.15) is 12.6 Å². The summed E-state index contributed by atoms with van der Waals surface area (Å²) in [6.07, 6.45) is 1.83. The number of rotatable bonds is 4. The first-order valence-corrected chi connectivity index (χ1v) is 5.78. The molecule has 0 atom stereocenters. The van der Waals surface area contributed by atoms with Crippen LogP contribution in [0.3, 0.4) is 0 Å². The van der Waals surface area contributed by atoms with E-state index in [-0.39, 0.29) is 11.3 Å². The van der Waals surface area contributed by atoms with Crippen LogP contribution in [0, 0.1) is 6.92 Å². The standard InChI is InChI=1S/C10H13ClN6O/c1-4-18-10-14-8(11)13-9(15-10)12-7-5-17(3)16-6(7)2/h5H,4H2,1-3H3,(H,12,13,14,15). The molecule has 0 aromatic carbocycles. The summed E-state index contributed by atoms with van der Waals surface area (Å²) < 4.78 is 6.89. The van der Waals surface area contributed by atoms with Gasteiger partial charge >= 0.3 is 6.01 Å². The van der Waals surface area contributed by atoms with Gasteiger partial charge in [0.15, 0.2) is 0 Å². The Kier molecular flexibility index (Phi) is 3.61. The molecule has 0 amide bonds. The molecule has 0 aliphatic carbocycles. The van der Waals surface area contributed by atoms with Gasteiger partial charge in [-0.05, 0) is 25.4 Å². The van der Waals surface area contributed by atoms with Gasteiger partial charge in [-0.1, -0.05) is 0 Å². The molecule has 2 rings (SSSR count). The van der Waals surface area contributed by atoms with E-state index in [1.54, 1.807) is 4.68 Å². The highest BCUT2D eigenvalue weighted by atomic mass is 35.5. The van der Waals surface area contributed by atoms with Crippen LogP contribution in [0.25, 0.3) is 0 Å². The largest absolute Gasteiger partial charge is 0.464 e. The predicted molar refractivity (Wildman–Crippen MR) is 67.2 cm³/mol. The van der Waals surface area contributed by atoms with E-state index in [1.165, 1.54) is 0 Å². The molecule has 7 nitrogen and oxygen atoms in total. The van der Waals surface area contributed by atoms with E-state index in [4.69, 9.17) is 16.3 Å². The van der Waals surface area contributed by atoms with Gasteiger partial charge in [-0.25, -0.2) is 0 Å². The van der Waals surface area contributed by atoms with E-state index in [0.717, 1.165) is 11.4 Å². The monoisotopic (exact) mass is 268 g/mol. The summed E-state index contributed by atoms with van der Waals surface area (Å²) in [5.41, 5.74) is 1.65. The number of nitrogens with one attached hydrogen (secondary N) is 1. The van der Waals surface area contributed by atoms with Gasteiger partial charge in [-0.2, -0.15) is 20.1 Å². The first-order valence-electron chi connectivity index (χ1n) is 5.40. The van der Waals surface area contributed by atoms with Gasteiger partial charge in [0.05, 0.1) is 18.0 Å². The molecule has 8 heteroatoms. The fourth-order valence-electron chi connectivity index (χ4n) is 1.42. The Morgan fingerprint density at radius 1 is 1.39 bits per heavy atom. The first-order chi connectivity index (χ1) is 8.58. The molecule has 0 bridgehead atoms. The van der Waals surface area contributed by atoms with Crippen molar-refractivity contribution in [3.05, 3.63) is 17.2 Å². The van der Waals surface area contributed by atoms with Gasteiger partial charge in [0.25, 0.3) is 0 Å². The lowest BCUT2D eigenvalue weighted by molar-refractivity contribution is 0.312. The maximum atomic E-state index is 5.79. The molecule has 2 aromatic rings. The van der Waals surface area contributed by atoms with Crippen LogP contribution in [0.4, 0.5) is 11.6 Å². The summed E-state index contributed by atoms with van der Waals surface area (Å²) >= 11 is 5.79. The third-order valence-corrected chi connectivity index (χ3v) is 2.29. The molecule has 0 unspecified atom stereocenters. The van der Waals surface area contributed by atoms with E-state index >= 15 is 0 Å². The van der Waals surface area contributed by atoms with Crippen LogP contribution < -0.4 is 10.1 Å². The molecule has 1 N–H and O–H groups in total. The number of aryl methyl sites for hydroxylation is 2. The maximum Gasteiger partial charge on any atom is 0.322 e. The molecule has 0 fully saturated rings. The lowest BCUT2D eigenvalue weighted by atomic mass is 10.4. The van der Waals surface area contributed by atoms with Gasteiger partial charge in [0.1, 0.15) is 0 Å². The Balaban J connectivity index is 2.25. The van der Waals surface area contributed by atoms with Crippen molar-refractivity contribution in [1.29, 1.82) is 0 Å². The maximum absolute atomic E-state index is 5.79. The van der Waals surface area contributed by atoms with Gasteiger partial charge < -0.3 is 10.1 Å². The van der Waals surface area contributed by atoms with E-state index in [0.29, 0.717) is 12.6 Å². The predicted octanol–water partition coefficient (Wildman–Crippen LogP) is 1.71. The van der Waals surface area contributed by atoms with Crippen molar-refractivity contribution in [2.45, 2.75) is 13.8 Å². The zero-order valence-electron chi connectivity index (χ0n) is 10.3. The lowest BCUT2D eigenvalue weighted by Crippen LogP contribution is -2.04. The Bertz CT molecular complexity index is 555. The zero-order chi connectivity index (χ0) is 13.1. The van der Waals surface area contributed by atoms with Crippen LogP contribution in [0.2, 0.25) is 5.28 Å². The quantitative estimate of drug-likeness (QED) is 0.909. The van der Waals surface area contributed by atoms with Crippen molar-refractivity contribution in [2.75, 3.05) is 11.9 Å². The number of nitrogens with zero attached hydrogens (tertiary/aromatic N) is 5. The van der Waals surface area contributed by atoms with Crippen molar-refractivity contribution in [2.24, 2.45) is 7.05 Å². The van der Waals surface area contributed by atoms with Crippen molar-refractivity contribution in [3.63, 3.8) is 0 Å². The van der Waals surface area contributed by atoms with E-state index in [1.807, 2.05) is 27.1 Å². The molecule has 0 saturated heterocycles. The molecule has 0 saturated carbocycles. The Labute approximate surface area is 109 Å². The van der Waals surface area contributed by atoms with Crippen LogP contribution in [0.15, 0.2) is 6.20 Å². The van der Waals surface area contributed by atoms with Gasteiger partial charge in [-0.15, -0.1) is 0 Å². The fraction of sp³-hybridized carbons (Fsp3) is 0.400. The second kappa shape index (κ2) is 5.18. The topological polar surface area (TPSA) is 77.8 Å². The fourth-order valence-corrected chi connectivity index (χ4v) is 1.58. The van der Waals surface area contributed by atoms with Gasteiger partial charge in [-0.3, -0.25) is 4.68 Å². The number of hydrogen-bond acceptors (Lipinski definition) is 6. The average Bonchev–Trinajstić information content (AvgIpc) is 2.57. The highest BCUT2D eigenvalue weighted by Crippen LogP contribution is 2.18. The van der Waals surface area contributed by atoms with E-state index in [9.17, 15) is 0 Å². The molecule has 0 aliphatic heterocycles. The van der Waals surface area contributed by atoms with Crippen molar-refractivity contribution < 1.29 is 4.74 Å².